The minimum Gasteiger partial charge on any atom is -0.365 e. The quantitative estimate of drug-likeness (QED) is 0.798. The Morgan fingerprint density at radius 1 is 1.08 bits per heavy atom. The van der Waals surface area contributed by atoms with Crippen molar-refractivity contribution in [2.75, 3.05) is 5.32 Å². The van der Waals surface area contributed by atoms with Gasteiger partial charge >= 0.3 is 0 Å². The van der Waals surface area contributed by atoms with E-state index in [1.165, 1.54) is 37.7 Å². The molecule has 0 atom stereocenters. The van der Waals surface area contributed by atoms with Gasteiger partial charge in [-0.15, -0.1) is 5.10 Å². The van der Waals surface area contributed by atoms with Crippen LogP contribution < -0.4 is 5.32 Å². The molecule has 0 saturated heterocycles. The molecule has 1 aromatic carbocycles. The van der Waals surface area contributed by atoms with Gasteiger partial charge in [-0.05, 0) is 25.3 Å². The third kappa shape index (κ3) is 3.09. The van der Waals surface area contributed by atoms with Gasteiger partial charge in [0.15, 0.2) is 17.0 Å². The lowest BCUT2D eigenvalue weighted by Crippen LogP contribution is -2.23. The number of benzene rings is 1. The Kier molecular flexibility index (Phi) is 4.11. The highest BCUT2D eigenvalue weighted by molar-refractivity contribution is 5.82. The lowest BCUT2D eigenvalue weighted by atomic mass is 9.95. The molecule has 0 aliphatic heterocycles. The van der Waals surface area contributed by atoms with E-state index in [1.54, 1.807) is 0 Å². The van der Waals surface area contributed by atoms with Crippen molar-refractivity contribution in [1.82, 2.24) is 25.0 Å². The highest BCUT2D eigenvalue weighted by Gasteiger charge is 2.18. The summed E-state index contributed by atoms with van der Waals surface area (Å²) in [6.07, 6.45) is 6.30. The number of aryl methyl sites for hydroxylation is 1. The van der Waals surface area contributed by atoms with Crippen LogP contribution in [0.1, 0.15) is 43.5 Å². The van der Waals surface area contributed by atoms with Gasteiger partial charge in [-0.1, -0.05) is 54.8 Å². The molecule has 0 spiro atoms. The lowest BCUT2D eigenvalue weighted by molar-refractivity contribution is 0.462. The van der Waals surface area contributed by atoms with E-state index in [0.29, 0.717) is 12.6 Å². The highest BCUT2D eigenvalue weighted by atomic mass is 15.4. The molecular weight excluding hydrogens is 300 g/mol. The van der Waals surface area contributed by atoms with Crippen molar-refractivity contribution in [3.05, 3.63) is 41.7 Å². The summed E-state index contributed by atoms with van der Waals surface area (Å²) >= 11 is 0. The van der Waals surface area contributed by atoms with Crippen LogP contribution in [0, 0.1) is 6.92 Å². The fourth-order valence-corrected chi connectivity index (χ4v) is 3.37. The average molecular weight is 322 g/mol. The number of nitrogens with zero attached hydrogens (tertiary/aromatic N) is 5. The molecule has 1 N–H and O–H groups in total. The monoisotopic (exact) mass is 322 g/mol. The second-order valence-electron chi connectivity index (χ2n) is 6.50. The van der Waals surface area contributed by atoms with E-state index < -0.39 is 0 Å². The molecular formula is C18H22N6. The molecule has 0 radical (unpaired) electrons. The molecule has 0 unspecified atom stereocenters. The van der Waals surface area contributed by atoms with Crippen LogP contribution in [-0.2, 0) is 6.54 Å². The predicted octanol–water partition coefficient (Wildman–Crippen LogP) is 3.32. The molecule has 1 fully saturated rings. The topological polar surface area (TPSA) is 68.5 Å². The predicted molar refractivity (Wildman–Crippen MR) is 93.9 cm³/mol. The van der Waals surface area contributed by atoms with Gasteiger partial charge in [0.2, 0.25) is 0 Å². The first-order chi connectivity index (χ1) is 11.8. The Morgan fingerprint density at radius 3 is 2.67 bits per heavy atom. The molecule has 6 nitrogen and oxygen atoms in total. The van der Waals surface area contributed by atoms with E-state index in [-0.39, 0.29) is 0 Å². The summed E-state index contributed by atoms with van der Waals surface area (Å²) in [7, 11) is 0. The maximum absolute atomic E-state index is 4.58. The van der Waals surface area contributed by atoms with Crippen molar-refractivity contribution >= 4 is 17.0 Å². The summed E-state index contributed by atoms with van der Waals surface area (Å²) in [4.78, 5) is 9.15. The van der Waals surface area contributed by atoms with Crippen LogP contribution in [0.3, 0.4) is 0 Å². The SMILES string of the molecule is Cc1nc(NC2CCCCC2)c2nnn(Cc3ccccc3)c2n1. The first-order valence-corrected chi connectivity index (χ1v) is 8.68. The Labute approximate surface area is 141 Å². The molecule has 124 valence electrons. The van der Waals surface area contributed by atoms with Crippen LogP contribution in [0.5, 0.6) is 0 Å². The van der Waals surface area contributed by atoms with E-state index >= 15 is 0 Å². The Morgan fingerprint density at radius 2 is 1.88 bits per heavy atom. The van der Waals surface area contributed by atoms with Crippen molar-refractivity contribution in [3.63, 3.8) is 0 Å². The first-order valence-electron chi connectivity index (χ1n) is 8.68. The maximum atomic E-state index is 4.58. The third-order valence-electron chi connectivity index (χ3n) is 4.60. The van der Waals surface area contributed by atoms with Crippen LogP contribution in [0.4, 0.5) is 5.82 Å². The number of hydrogen-bond donors (Lipinski definition) is 1. The summed E-state index contributed by atoms with van der Waals surface area (Å²) in [5.41, 5.74) is 2.74. The molecule has 2 aromatic heterocycles. The minimum atomic E-state index is 0.482. The summed E-state index contributed by atoms with van der Waals surface area (Å²) in [6.45, 7) is 2.59. The van der Waals surface area contributed by atoms with Crippen LogP contribution >= 0.6 is 0 Å². The normalized spacial score (nSPS) is 15.7. The van der Waals surface area contributed by atoms with Gasteiger partial charge in [-0.2, -0.15) is 0 Å². The number of rotatable bonds is 4. The van der Waals surface area contributed by atoms with Crippen molar-refractivity contribution in [1.29, 1.82) is 0 Å². The molecule has 0 amide bonds. The van der Waals surface area contributed by atoms with Gasteiger partial charge in [0, 0.05) is 6.04 Å². The van der Waals surface area contributed by atoms with Crippen molar-refractivity contribution in [2.45, 2.75) is 51.6 Å². The lowest BCUT2D eigenvalue weighted by Gasteiger charge is -2.23. The zero-order chi connectivity index (χ0) is 16.4. The number of fused-ring (bicyclic) bond motifs is 1. The zero-order valence-corrected chi connectivity index (χ0v) is 13.9. The fraction of sp³-hybridized carbons (Fsp3) is 0.444. The number of aromatic nitrogens is 5. The van der Waals surface area contributed by atoms with Gasteiger partial charge in [0.25, 0.3) is 0 Å². The van der Waals surface area contributed by atoms with Gasteiger partial charge in [-0.25, -0.2) is 14.6 Å². The van der Waals surface area contributed by atoms with E-state index in [9.17, 15) is 0 Å². The van der Waals surface area contributed by atoms with Crippen molar-refractivity contribution < 1.29 is 0 Å². The van der Waals surface area contributed by atoms with Gasteiger partial charge in [-0.3, -0.25) is 0 Å². The van der Waals surface area contributed by atoms with Crippen molar-refractivity contribution in [2.24, 2.45) is 0 Å². The molecule has 4 rings (SSSR count). The second kappa shape index (κ2) is 6.55. The molecule has 3 aromatic rings. The minimum absolute atomic E-state index is 0.482. The number of nitrogens with one attached hydrogen (secondary N) is 1. The van der Waals surface area contributed by atoms with Crippen LogP contribution in [0.25, 0.3) is 11.2 Å². The van der Waals surface area contributed by atoms with Crippen molar-refractivity contribution in [3.8, 4) is 0 Å². The van der Waals surface area contributed by atoms with E-state index in [1.807, 2.05) is 29.8 Å². The van der Waals surface area contributed by atoms with E-state index in [0.717, 1.165) is 22.8 Å². The standard InChI is InChI=1S/C18H22N6/c1-13-19-17(21-15-10-6-3-7-11-15)16-18(20-13)24(23-22-16)12-14-8-4-2-5-9-14/h2,4-5,8-9,15H,3,6-7,10-12H2,1H3,(H,19,20,21). The molecule has 1 aliphatic carbocycles. The molecule has 0 bridgehead atoms. The second-order valence-corrected chi connectivity index (χ2v) is 6.50. The Balaban J connectivity index is 1.66. The average Bonchev–Trinajstić information content (AvgIpc) is 3.00. The van der Waals surface area contributed by atoms with Gasteiger partial charge in [0.1, 0.15) is 5.82 Å². The molecule has 2 heterocycles. The van der Waals surface area contributed by atoms with Crippen LogP contribution in [0.2, 0.25) is 0 Å². The molecule has 6 heteroatoms. The molecule has 24 heavy (non-hydrogen) atoms. The highest BCUT2D eigenvalue weighted by Crippen LogP contribution is 2.24. The summed E-state index contributed by atoms with van der Waals surface area (Å²) < 4.78 is 1.85. The van der Waals surface area contributed by atoms with E-state index in [4.69, 9.17) is 0 Å². The molecule has 1 saturated carbocycles. The summed E-state index contributed by atoms with van der Waals surface area (Å²) in [5, 5.41) is 12.2. The van der Waals surface area contributed by atoms with Crippen LogP contribution in [-0.4, -0.2) is 31.0 Å². The summed E-state index contributed by atoms with van der Waals surface area (Å²) in [6, 6.07) is 10.7. The van der Waals surface area contributed by atoms with Gasteiger partial charge < -0.3 is 5.32 Å². The van der Waals surface area contributed by atoms with E-state index in [2.05, 4.69) is 37.7 Å². The van der Waals surface area contributed by atoms with Gasteiger partial charge in [0.05, 0.1) is 6.54 Å². The smallest absolute Gasteiger partial charge is 0.184 e. The number of hydrogen-bond acceptors (Lipinski definition) is 5. The molecule has 1 aliphatic rings. The first kappa shape index (κ1) is 15.1. The Bertz CT molecular complexity index is 820. The van der Waals surface area contributed by atoms with Crippen LogP contribution in [0.15, 0.2) is 30.3 Å². The number of anilines is 1. The fourth-order valence-electron chi connectivity index (χ4n) is 3.37. The zero-order valence-electron chi connectivity index (χ0n) is 13.9. The Hall–Kier alpha value is -2.50. The maximum Gasteiger partial charge on any atom is 0.184 e. The summed E-state index contributed by atoms with van der Waals surface area (Å²) in [5.74, 6) is 1.57. The third-order valence-corrected chi connectivity index (χ3v) is 4.60. The largest absolute Gasteiger partial charge is 0.365 e.